The van der Waals surface area contributed by atoms with Gasteiger partial charge in [0.15, 0.2) is 0 Å². The number of carbonyl (C=O) groups excluding carboxylic acids is 2. The summed E-state index contributed by atoms with van der Waals surface area (Å²) in [6.45, 7) is 3.79. The van der Waals surface area contributed by atoms with Crippen LogP contribution in [0.1, 0.15) is 32.3 Å². The van der Waals surface area contributed by atoms with Gasteiger partial charge >= 0.3 is 0 Å². The first-order chi connectivity index (χ1) is 8.84. The Morgan fingerprint density at radius 1 is 1.26 bits per heavy atom. The van der Waals surface area contributed by atoms with Crippen LogP contribution in [0.3, 0.4) is 0 Å². The maximum atomic E-state index is 12.2. The molecule has 1 aliphatic rings. The van der Waals surface area contributed by atoms with Crippen molar-refractivity contribution in [2.45, 2.75) is 26.7 Å². The van der Waals surface area contributed by atoms with E-state index in [0.717, 1.165) is 9.37 Å². The number of carbonyl (C=O) groups is 2. The van der Waals surface area contributed by atoms with Crippen molar-refractivity contribution >= 4 is 33.4 Å². The summed E-state index contributed by atoms with van der Waals surface area (Å²) in [6.07, 6.45) is 0.603. The second-order valence-corrected chi connectivity index (χ2v) is 6.33. The highest BCUT2D eigenvalue weighted by Crippen LogP contribution is 2.35. The molecule has 1 saturated heterocycles. The summed E-state index contributed by atoms with van der Waals surface area (Å²) in [6, 6.07) is 6.96. The summed E-state index contributed by atoms with van der Waals surface area (Å²) in [5.41, 5.74) is 0.371. The zero-order valence-electron chi connectivity index (χ0n) is 10.7. The van der Waals surface area contributed by atoms with Crippen molar-refractivity contribution in [3.63, 3.8) is 0 Å². The first-order valence-electron chi connectivity index (χ1n) is 5.89. The molecule has 0 radical (unpaired) electrons. The fourth-order valence-electron chi connectivity index (χ4n) is 2.23. The van der Waals surface area contributed by atoms with Crippen molar-refractivity contribution in [2.75, 3.05) is 4.90 Å². The third-order valence-electron chi connectivity index (χ3n) is 3.08. The summed E-state index contributed by atoms with van der Waals surface area (Å²) in [4.78, 5) is 25.5. The fourth-order valence-corrected chi connectivity index (χ4v) is 2.58. The topological polar surface area (TPSA) is 61.2 Å². The number of nitriles is 1. The third-order valence-corrected chi connectivity index (χ3v) is 3.57. The van der Waals surface area contributed by atoms with Crippen LogP contribution in [-0.2, 0) is 9.59 Å². The van der Waals surface area contributed by atoms with E-state index in [4.69, 9.17) is 5.26 Å². The van der Waals surface area contributed by atoms with Crippen molar-refractivity contribution in [3.8, 4) is 6.07 Å². The van der Waals surface area contributed by atoms with Gasteiger partial charge in [-0.15, -0.1) is 0 Å². The second-order valence-electron chi connectivity index (χ2n) is 5.41. The molecule has 4 nitrogen and oxygen atoms in total. The van der Waals surface area contributed by atoms with Crippen molar-refractivity contribution < 1.29 is 9.59 Å². The number of benzene rings is 1. The molecule has 0 aliphatic carbocycles. The lowest BCUT2D eigenvalue weighted by Crippen LogP contribution is -2.46. The van der Waals surface area contributed by atoms with Crippen LogP contribution in [0.2, 0.25) is 0 Å². The summed E-state index contributed by atoms with van der Waals surface area (Å²) < 4.78 is 0.729. The molecule has 2 rings (SSSR count). The smallest absolute Gasteiger partial charge is 0.234 e. The molecule has 0 unspecified atom stereocenters. The Hall–Kier alpha value is -1.67. The van der Waals surface area contributed by atoms with Gasteiger partial charge in [-0.25, -0.2) is 4.90 Å². The minimum atomic E-state index is -0.316. The minimum absolute atomic E-state index is 0.254. The molecular weight excluding hydrogens is 308 g/mol. The monoisotopic (exact) mass is 320 g/mol. The Kier molecular flexibility index (Phi) is 3.46. The lowest BCUT2D eigenvalue weighted by molar-refractivity contribution is -0.132. The Morgan fingerprint density at radius 3 is 2.37 bits per heavy atom. The van der Waals surface area contributed by atoms with E-state index in [1.165, 1.54) is 0 Å². The number of piperidine rings is 1. The van der Waals surface area contributed by atoms with Crippen LogP contribution in [-0.4, -0.2) is 11.8 Å². The van der Waals surface area contributed by atoms with Gasteiger partial charge in [0, 0.05) is 17.3 Å². The third kappa shape index (κ3) is 2.69. The largest absolute Gasteiger partial charge is 0.274 e. The molecule has 0 spiro atoms. The molecule has 5 heteroatoms. The highest BCUT2D eigenvalue weighted by Gasteiger charge is 2.38. The molecule has 2 amide bonds. The van der Waals surface area contributed by atoms with E-state index in [1.807, 2.05) is 19.9 Å². The Balaban J connectivity index is 2.48. The van der Waals surface area contributed by atoms with Crippen molar-refractivity contribution in [1.29, 1.82) is 5.26 Å². The lowest BCUT2D eigenvalue weighted by Gasteiger charge is -2.35. The van der Waals surface area contributed by atoms with Gasteiger partial charge in [0.05, 0.1) is 11.3 Å². The lowest BCUT2D eigenvalue weighted by atomic mass is 9.81. The molecule has 19 heavy (non-hydrogen) atoms. The van der Waals surface area contributed by atoms with Gasteiger partial charge < -0.3 is 0 Å². The molecule has 0 aromatic heterocycles. The molecule has 1 fully saturated rings. The highest BCUT2D eigenvalue weighted by molar-refractivity contribution is 9.10. The van der Waals surface area contributed by atoms with Gasteiger partial charge in [0.25, 0.3) is 0 Å². The number of halogens is 1. The molecule has 0 N–H and O–H groups in total. The van der Waals surface area contributed by atoms with E-state index in [1.54, 1.807) is 18.2 Å². The van der Waals surface area contributed by atoms with Gasteiger partial charge in [-0.2, -0.15) is 5.26 Å². The van der Waals surface area contributed by atoms with Crippen LogP contribution >= 0.6 is 15.9 Å². The zero-order valence-corrected chi connectivity index (χ0v) is 12.3. The molecule has 0 atom stereocenters. The molecule has 0 bridgehead atoms. The van der Waals surface area contributed by atoms with Gasteiger partial charge in [-0.1, -0.05) is 29.8 Å². The van der Waals surface area contributed by atoms with E-state index in [-0.39, 0.29) is 17.2 Å². The zero-order chi connectivity index (χ0) is 14.2. The summed E-state index contributed by atoms with van der Waals surface area (Å²) in [5.74, 6) is -0.508. The number of anilines is 1. The number of imide groups is 1. The number of rotatable bonds is 1. The molecule has 1 aromatic rings. The van der Waals surface area contributed by atoms with Gasteiger partial charge in [0.2, 0.25) is 11.8 Å². The maximum Gasteiger partial charge on any atom is 0.234 e. The Labute approximate surface area is 120 Å². The summed E-state index contributed by atoms with van der Waals surface area (Å²) >= 11 is 3.30. The predicted octanol–water partition coefficient (Wildman–Crippen LogP) is 3.00. The first-order valence-corrected chi connectivity index (χ1v) is 6.69. The minimum Gasteiger partial charge on any atom is -0.274 e. The number of nitrogens with zero attached hydrogens (tertiary/aromatic N) is 2. The van der Waals surface area contributed by atoms with Crippen LogP contribution in [0.15, 0.2) is 22.7 Å². The van der Waals surface area contributed by atoms with Gasteiger partial charge in [-0.05, 0) is 23.6 Å². The predicted molar refractivity (Wildman–Crippen MR) is 74.4 cm³/mol. The first kappa shape index (κ1) is 13.8. The molecule has 1 heterocycles. The second kappa shape index (κ2) is 4.78. The normalized spacial score (nSPS) is 18.3. The van der Waals surface area contributed by atoms with E-state index in [9.17, 15) is 9.59 Å². The van der Waals surface area contributed by atoms with E-state index in [2.05, 4.69) is 15.9 Å². The van der Waals surface area contributed by atoms with Gasteiger partial charge in [0.1, 0.15) is 6.07 Å². The highest BCUT2D eigenvalue weighted by atomic mass is 79.9. The van der Waals surface area contributed by atoms with Crippen molar-refractivity contribution in [1.82, 2.24) is 0 Å². The average molecular weight is 321 g/mol. The summed E-state index contributed by atoms with van der Waals surface area (Å²) in [5, 5.41) is 9.10. The van der Waals surface area contributed by atoms with Crippen molar-refractivity contribution in [3.05, 3.63) is 28.2 Å². The van der Waals surface area contributed by atoms with Crippen LogP contribution in [0.4, 0.5) is 5.69 Å². The number of hydrogen-bond donors (Lipinski definition) is 0. The molecule has 0 saturated carbocycles. The number of amides is 2. The average Bonchev–Trinajstić information content (AvgIpc) is 2.26. The fraction of sp³-hybridized carbons (Fsp3) is 0.357. The van der Waals surface area contributed by atoms with Gasteiger partial charge in [-0.3, -0.25) is 9.59 Å². The molecule has 1 aliphatic heterocycles. The van der Waals surface area contributed by atoms with E-state index >= 15 is 0 Å². The van der Waals surface area contributed by atoms with Crippen LogP contribution < -0.4 is 4.90 Å². The van der Waals surface area contributed by atoms with Crippen molar-refractivity contribution in [2.24, 2.45) is 5.41 Å². The molecular formula is C14H13BrN2O2. The Bertz CT molecular complexity index is 582. The van der Waals surface area contributed by atoms with E-state index < -0.39 is 0 Å². The van der Waals surface area contributed by atoms with Crippen LogP contribution in [0.25, 0.3) is 0 Å². The summed E-state index contributed by atoms with van der Waals surface area (Å²) in [7, 11) is 0. The number of hydrogen-bond acceptors (Lipinski definition) is 3. The standard InChI is InChI=1S/C14H13BrN2O2/c1-14(2)6-12(18)17(13(19)7-14)11-5-10(15)4-3-9(11)8-16/h3-5H,6-7H2,1-2H3. The quantitative estimate of drug-likeness (QED) is 0.747. The van der Waals surface area contributed by atoms with Crippen LogP contribution in [0.5, 0.6) is 0 Å². The van der Waals surface area contributed by atoms with E-state index in [0.29, 0.717) is 24.1 Å². The molecule has 1 aromatic carbocycles. The maximum absolute atomic E-state index is 12.2. The Morgan fingerprint density at radius 2 is 1.84 bits per heavy atom. The SMILES string of the molecule is CC1(C)CC(=O)N(c2cc(Br)ccc2C#N)C(=O)C1. The van der Waals surface area contributed by atoms with Crippen LogP contribution in [0, 0.1) is 16.7 Å². The molecule has 98 valence electrons.